The Morgan fingerprint density at radius 3 is 2.55 bits per heavy atom. The Balaban J connectivity index is 2.09. The molecule has 0 spiro atoms. The highest BCUT2D eigenvalue weighted by atomic mass is 19.4. The molecule has 1 aliphatic carbocycles. The Kier molecular flexibility index (Phi) is 4.68. The van der Waals surface area contributed by atoms with E-state index in [0.29, 0.717) is 11.5 Å². The number of hydrogen-bond acceptors (Lipinski definition) is 1. The summed E-state index contributed by atoms with van der Waals surface area (Å²) in [7, 11) is 0. The fourth-order valence-electron chi connectivity index (χ4n) is 2.71. The Labute approximate surface area is 116 Å². The molecule has 20 heavy (non-hydrogen) atoms. The van der Waals surface area contributed by atoms with Gasteiger partial charge in [-0.15, -0.1) is 0 Å². The molecule has 1 fully saturated rings. The predicted molar refractivity (Wildman–Crippen MR) is 70.0 cm³/mol. The lowest BCUT2D eigenvalue weighted by molar-refractivity contribution is -0.140. The number of nitrogens with one attached hydrogen (secondary N) is 1. The molecule has 0 heterocycles. The lowest BCUT2D eigenvalue weighted by atomic mass is 9.69. The fourth-order valence-corrected chi connectivity index (χ4v) is 2.71. The van der Waals surface area contributed by atoms with Crippen LogP contribution in [0, 0.1) is 11.7 Å². The largest absolute Gasteiger partial charge is 0.419 e. The molecule has 0 bridgehead atoms. The minimum atomic E-state index is -4.63. The van der Waals surface area contributed by atoms with Crippen LogP contribution in [-0.4, -0.2) is 13.1 Å². The zero-order valence-corrected chi connectivity index (χ0v) is 11.4. The van der Waals surface area contributed by atoms with Crippen LogP contribution in [0.3, 0.4) is 0 Å². The van der Waals surface area contributed by atoms with E-state index in [1.165, 1.54) is 6.07 Å². The van der Waals surface area contributed by atoms with Crippen LogP contribution in [0.4, 0.5) is 17.6 Å². The van der Waals surface area contributed by atoms with Crippen molar-refractivity contribution in [3.8, 4) is 0 Å². The Hall–Kier alpha value is -1.10. The van der Waals surface area contributed by atoms with Crippen LogP contribution in [0.15, 0.2) is 18.2 Å². The van der Waals surface area contributed by atoms with Gasteiger partial charge in [0.2, 0.25) is 0 Å². The fraction of sp³-hybridized carbons (Fsp3) is 0.600. The van der Waals surface area contributed by atoms with Crippen molar-refractivity contribution >= 4 is 0 Å². The van der Waals surface area contributed by atoms with Crippen LogP contribution in [0.2, 0.25) is 0 Å². The van der Waals surface area contributed by atoms with Gasteiger partial charge < -0.3 is 5.32 Å². The maximum atomic E-state index is 13.3. The lowest BCUT2D eigenvalue weighted by Crippen LogP contribution is -2.34. The first-order valence-electron chi connectivity index (χ1n) is 7.00. The molecule has 1 saturated carbocycles. The second-order valence-electron chi connectivity index (χ2n) is 5.39. The number of benzene rings is 1. The van der Waals surface area contributed by atoms with Crippen LogP contribution >= 0.6 is 0 Å². The second kappa shape index (κ2) is 6.12. The number of hydrogen-bond donors (Lipinski definition) is 1. The van der Waals surface area contributed by atoms with Gasteiger partial charge in [0, 0.05) is 0 Å². The van der Waals surface area contributed by atoms with Gasteiger partial charge in [-0.3, -0.25) is 0 Å². The van der Waals surface area contributed by atoms with Crippen molar-refractivity contribution in [2.75, 3.05) is 13.1 Å². The van der Waals surface area contributed by atoms with E-state index >= 15 is 0 Å². The van der Waals surface area contributed by atoms with Gasteiger partial charge in [0.05, 0.1) is 5.56 Å². The summed E-state index contributed by atoms with van der Waals surface area (Å²) < 4.78 is 51.4. The topological polar surface area (TPSA) is 12.0 Å². The van der Waals surface area contributed by atoms with Gasteiger partial charge in [-0.2, -0.15) is 13.2 Å². The van der Waals surface area contributed by atoms with Crippen LogP contribution < -0.4 is 5.32 Å². The van der Waals surface area contributed by atoms with Crippen molar-refractivity contribution in [2.24, 2.45) is 5.92 Å². The van der Waals surface area contributed by atoms with E-state index in [-0.39, 0.29) is 5.92 Å². The first-order valence-corrected chi connectivity index (χ1v) is 7.00. The summed E-state index contributed by atoms with van der Waals surface area (Å²) >= 11 is 0. The third-order valence-electron chi connectivity index (χ3n) is 3.97. The summed E-state index contributed by atoms with van der Waals surface area (Å²) in [5.74, 6) is -0.726. The van der Waals surface area contributed by atoms with Crippen molar-refractivity contribution in [1.82, 2.24) is 5.32 Å². The molecule has 2 atom stereocenters. The average molecular weight is 289 g/mol. The molecule has 0 saturated heterocycles. The maximum absolute atomic E-state index is 13.3. The Morgan fingerprint density at radius 2 is 2.00 bits per heavy atom. The summed E-state index contributed by atoms with van der Waals surface area (Å²) in [6, 6.07) is 3.40. The molecule has 0 amide bonds. The minimum Gasteiger partial charge on any atom is -0.316 e. The highest BCUT2D eigenvalue weighted by Gasteiger charge is 2.37. The average Bonchev–Trinajstić information content (AvgIpc) is 2.34. The van der Waals surface area contributed by atoms with Crippen LogP contribution in [0.25, 0.3) is 0 Å². The first kappa shape index (κ1) is 15.3. The monoisotopic (exact) mass is 289 g/mol. The SMILES string of the molecule is CCCNCC1CCC1c1ccc(F)c(C(F)(F)F)c1. The molecule has 1 N–H and O–H groups in total. The summed E-state index contributed by atoms with van der Waals surface area (Å²) in [5.41, 5.74) is -0.546. The molecule has 2 rings (SSSR count). The van der Waals surface area contributed by atoms with Gasteiger partial charge in [0.15, 0.2) is 0 Å². The quantitative estimate of drug-likeness (QED) is 0.628. The molecule has 0 aromatic heterocycles. The summed E-state index contributed by atoms with van der Waals surface area (Å²) in [4.78, 5) is 0. The summed E-state index contributed by atoms with van der Waals surface area (Å²) in [6.07, 6.45) is -1.70. The molecule has 1 aromatic carbocycles. The molecule has 1 aliphatic rings. The first-order chi connectivity index (χ1) is 9.43. The highest BCUT2D eigenvalue weighted by Crippen LogP contribution is 2.43. The minimum absolute atomic E-state index is 0.112. The molecule has 2 unspecified atom stereocenters. The number of alkyl halides is 3. The standard InChI is InChI=1S/C15H19F4N/c1-2-7-20-9-11-3-5-12(11)10-4-6-14(16)13(8-10)15(17,18)19/h4,6,8,11-12,20H,2-3,5,7,9H2,1H3. The van der Waals surface area contributed by atoms with E-state index in [9.17, 15) is 17.6 Å². The van der Waals surface area contributed by atoms with Gasteiger partial charge in [0.25, 0.3) is 0 Å². The van der Waals surface area contributed by atoms with Gasteiger partial charge in [0.1, 0.15) is 5.82 Å². The molecule has 0 aliphatic heterocycles. The van der Waals surface area contributed by atoms with Crippen LogP contribution in [0.5, 0.6) is 0 Å². The van der Waals surface area contributed by atoms with Crippen molar-refractivity contribution < 1.29 is 17.6 Å². The smallest absolute Gasteiger partial charge is 0.316 e. The van der Waals surface area contributed by atoms with E-state index in [0.717, 1.165) is 44.5 Å². The van der Waals surface area contributed by atoms with E-state index in [1.807, 2.05) is 0 Å². The van der Waals surface area contributed by atoms with Gasteiger partial charge in [-0.05, 0) is 61.9 Å². The molecule has 1 aromatic rings. The van der Waals surface area contributed by atoms with Crippen molar-refractivity contribution in [2.45, 2.75) is 38.3 Å². The Bertz CT molecular complexity index is 456. The lowest BCUT2D eigenvalue weighted by Gasteiger charge is -2.37. The van der Waals surface area contributed by atoms with Crippen LogP contribution in [-0.2, 0) is 6.18 Å². The molecule has 5 heteroatoms. The van der Waals surface area contributed by atoms with E-state index in [1.54, 1.807) is 0 Å². The zero-order chi connectivity index (χ0) is 14.8. The second-order valence-corrected chi connectivity index (χ2v) is 5.39. The van der Waals surface area contributed by atoms with E-state index < -0.39 is 17.6 Å². The zero-order valence-electron chi connectivity index (χ0n) is 11.4. The molecule has 112 valence electrons. The highest BCUT2D eigenvalue weighted by molar-refractivity contribution is 5.31. The number of halogens is 4. The van der Waals surface area contributed by atoms with E-state index in [4.69, 9.17) is 0 Å². The van der Waals surface area contributed by atoms with Gasteiger partial charge >= 0.3 is 6.18 Å². The van der Waals surface area contributed by atoms with E-state index in [2.05, 4.69) is 12.2 Å². The van der Waals surface area contributed by atoms with Crippen LogP contribution in [0.1, 0.15) is 43.2 Å². The summed E-state index contributed by atoms with van der Waals surface area (Å²) in [6.45, 7) is 3.80. The third-order valence-corrected chi connectivity index (χ3v) is 3.97. The third kappa shape index (κ3) is 3.32. The van der Waals surface area contributed by atoms with Gasteiger partial charge in [-0.25, -0.2) is 4.39 Å². The Morgan fingerprint density at radius 1 is 1.25 bits per heavy atom. The van der Waals surface area contributed by atoms with Gasteiger partial charge in [-0.1, -0.05) is 13.0 Å². The predicted octanol–water partition coefficient (Wildman–Crippen LogP) is 4.34. The molecule has 0 radical (unpaired) electrons. The van der Waals surface area contributed by atoms with Crippen molar-refractivity contribution in [3.05, 3.63) is 35.1 Å². The summed E-state index contributed by atoms with van der Waals surface area (Å²) in [5, 5.41) is 3.30. The number of rotatable bonds is 5. The molecule has 1 nitrogen and oxygen atoms in total. The van der Waals surface area contributed by atoms with Crippen molar-refractivity contribution in [1.29, 1.82) is 0 Å². The maximum Gasteiger partial charge on any atom is 0.419 e. The normalized spacial score (nSPS) is 22.6. The molecular weight excluding hydrogens is 270 g/mol. The van der Waals surface area contributed by atoms with Crippen molar-refractivity contribution in [3.63, 3.8) is 0 Å². The molecular formula is C15H19F4N.